The summed E-state index contributed by atoms with van der Waals surface area (Å²) >= 11 is 0. The Morgan fingerprint density at radius 1 is 1.47 bits per heavy atom. The van der Waals surface area contributed by atoms with Crippen LogP contribution in [0.3, 0.4) is 0 Å². The number of halogens is 1. The van der Waals surface area contributed by atoms with E-state index in [9.17, 15) is 4.39 Å². The minimum absolute atomic E-state index is 0.352. The first-order valence-electron chi connectivity index (χ1n) is 5.60. The highest BCUT2D eigenvalue weighted by molar-refractivity contribution is 5.03. The van der Waals surface area contributed by atoms with Crippen molar-refractivity contribution in [3.63, 3.8) is 0 Å². The van der Waals surface area contributed by atoms with E-state index in [-0.39, 0.29) is 6.67 Å². The quantitative estimate of drug-likeness (QED) is 0.752. The molecular weight excluding hydrogens is 193 g/mol. The normalized spacial score (nSPS) is 11.2. The molecule has 0 atom stereocenters. The van der Waals surface area contributed by atoms with Gasteiger partial charge in [0.25, 0.3) is 0 Å². The predicted octanol–water partition coefficient (Wildman–Crippen LogP) is 2.13. The molecule has 0 aliphatic rings. The lowest BCUT2D eigenvalue weighted by atomic mass is 10.1. The number of nitrogens with zero attached hydrogens (tertiary/aromatic N) is 2. The van der Waals surface area contributed by atoms with E-state index in [4.69, 9.17) is 0 Å². The van der Waals surface area contributed by atoms with Gasteiger partial charge in [-0.3, -0.25) is 4.68 Å². The third kappa shape index (κ3) is 4.00. The summed E-state index contributed by atoms with van der Waals surface area (Å²) in [5.74, 6) is 0. The molecule has 4 heteroatoms. The molecule has 0 aliphatic carbocycles. The Bertz CT molecular complexity index is 269. The van der Waals surface area contributed by atoms with Gasteiger partial charge in [0.05, 0.1) is 12.7 Å². The molecule has 0 bridgehead atoms. The van der Waals surface area contributed by atoms with Crippen molar-refractivity contribution in [3.05, 3.63) is 18.0 Å². The number of aromatic nitrogens is 2. The van der Waals surface area contributed by atoms with Crippen molar-refractivity contribution in [1.29, 1.82) is 0 Å². The van der Waals surface area contributed by atoms with Crippen molar-refractivity contribution in [2.24, 2.45) is 0 Å². The van der Waals surface area contributed by atoms with Crippen LogP contribution in [0.4, 0.5) is 4.39 Å². The maximum atomic E-state index is 12.0. The fourth-order valence-corrected chi connectivity index (χ4v) is 1.55. The van der Waals surface area contributed by atoms with Crippen LogP contribution < -0.4 is 5.32 Å². The molecule has 0 spiro atoms. The smallest absolute Gasteiger partial charge is 0.109 e. The zero-order valence-corrected chi connectivity index (χ0v) is 9.54. The molecule has 0 saturated heterocycles. The van der Waals surface area contributed by atoms with Gasteiger partial charge in [0, 0.05) is 24.3 Å². The number of nitrogens with one attached hydrogen (secondary N) is 1. The summed E-state index contributed by atoms with van der Waals surface area (Å²) in [5.41, 5.74) is 1.12. The second-order valence-electron chi connectivity index (χ2n) is 3.69. The van der Waals surface area contributed by atoms with Gasteiger partial charge < -0.3 is 5.32 Å². The van der Waals surface area contributed by atoms with Crippen LogP contribution in [-0.4, -0.2) is 22.5 Å². The van der Waals surface area contributed by atoms with E-state index in [2.05, 4.69) is 24.3 Å². The maximum Gasteiger partial charge on any atom is 0.109 e. The van der Waals surface area contributed by atoms with E-state index in [1.807, 2.05) is 6.20 Å². The summed E-state index contributed by atoms with van der Waals surface area (Å²) < 4.78 is 13.7. The van der Waals surface area contributed by atoms with E-state index < -0.39 is 0 Å². The summed E-state index contributed by atoms with van der Waals surface area (Å²) in [4.78, 5) is 0. The second-order valence-corrected chi connectivity index (χ2v) is 3.69. The van der Waals surface area contributed by atoms with Gasteiger partial charge >= 0.3 is 0 Å². The summed E-state index contributed by atoms with van der Waals surface area (Å²) in [6, 6.07) is 0.564. The Balaban J connectivity index is 2.36. The van der Waals surface area contributed by atoms with E-state index >= 15 is 0 Å². The molecule has 0 amide bonds. The Morgan fingerprint density at radius 3 is 2.80 bits per heavy atom. The van der Waals surface area contributed by atoms with Crippen molar-refractivity contribution in [2.75, 3.05) is 6.67 Å². The number of rotatable bonds is 7. The molecule has 15 heavy (non-hydrogen) atoms. The third-order valence-electron chi connectivity index (χ3n) is 2.58. The van der Waals surface area contributed by atoms with Crippen LogP contribution in [0, 0.1) is 0 Å². The van der Waals surface area contributed by atoms with Crippen LogP contribution in [0.15, 0.2) is 12.4 Å². The summed E-state index contributed by atoms with van der Waals surface area (Å²) in [7, 11) is 0. The number of hydrogen-bond acceptors (Lipinski definition) is 2. The first kappa shape index (κ1) is 12.2. The minimum atomic E-state index is -0.360. The minimum Gasteiger partial charge on any atom is -0.310 e. The van der Waals surface area contributed by atoms with Crippen LogP contribution >= 0.6 is 0 Å². The van der Waals surface area contributed by atoms with Crippen LogP contribution in [-0.2, 0) is 13.1 Å². The first-order chi connectivity index (χ1) is 7.30. The number of alkyl halides is 1. The highest BCUT2D eigenvalue weighted by atomic mass is 19.1. The molecule has 1 aromatic heterocycles. The average molecular weight is 213 g/mol. The highest BCUT2D eigenvalue weighted by Crippen LogP contribution is 2.01. The van der Waals surface area contributed by atoms with Gasteiger partial charge in [-0.05, 0) is 12.8 Å². The molecule has 0 unspecified atom stereocenters. The van der Waals surface area contributed by atoms with E-state index in [1.54, 1.807) is 10.9 Å². The van der Waals surface area contributed by atoms with Gasteiger partial charge in [-0.15, -0.1) is 0 Å². The van der Waals surface area contributed by atoms with Gasteiger partial charge in [-0.2, -0.15) is 5.10 Å². The Kier molecular flexibility index (Phi) is 5.32. The van der Waals surface area contributed by atoms with Gasteiger partial charge in [0.15, 0.2) is 0 Å². The van der Waals surface area contributed by atoms with Gasteiger partial charge in [-0.25, -0.2) is 4.39 Å². The molecule has 0 aliphatic heterocycles. The first-order valence-corrected chi connectivity index (χ1v) is 5.60. The molecule has 0 aromatic carbocycles. The van der Waals surface area contributed by atoms with Crippen molar-refractivity contribution < 1.29 is 4.39 Å². The van der Waals surface area contributed by atoms with E-state index in [0.29, 0.717) is 12.6 Å². The van der Waals surface area contributed by atoms with Crippen LogP contribution in [0.25, 0.3) is 0 Å². The van der Waals surface area contributed by atoms with Crippen molar-refractivity contribution in [1.82, 2.24) is 15.1 Å². The van der Waals surface area contributed by atoms with E-state index in [0.717, 1.165) is 24.9 Å². The second kappa shape index (κ2) is 6.56. The Hall–Kier alpha value is -0.900. The Labute approximate surface area is 90.7 Å². The largest absolute Gasteiger partial charge is 0.310 e. The average Bonchev–Trinajstić information content (AvgIpc) is 2.68. The van der Waals surface area contributed by atoms with Gasteiger partial charge in [-0.1, -0.05) is 13.8 Å². The van der Waals surface area contributed by atoms with Crippen molar-refractivity contribution >= 4 is 0 Å². The lowest BCUT2D eigenvalue weighted by Gasteiger charge is -2.13. The van der Waals surface area contributed by atoms with Crippen molar-refractivity contribution in [3.8, 4) is 0 Å². The highest BCUT2D eigenvalue weighted by Gasteiger charge is 2.03. The maximum absolute atomic E-state index is 12.0. The van der Waals surface area contributed by atoms with Crippen LogP contribution in [0.2, 0.25) is 0 Å². The zero-order chi connectivity index (χ0) is 11.1. The molecule has 1 heterocycles. The molecule has 0 radical (unpaired) electrons. The molecule has 3 nitrogen and oxygen atoms in total. The number of hydrogen-bond donors (Lipinski definition) is 1. The monoisotopic (exact) mass is 213 g/mol. The molecule has 0 saturated carbocycles. The fourth-order valence-electron chi connectivity index (χ4n) is 1.55. The predicted molar refractivity (Wildman–Crippen MR) is 59.4 cm³/mol. The lowest BCUT2D eigenvalue weighted by molar-refractivity contribution is 0.426. The SMILES string of the molecule is CCC(CC)NCc1cnn(CCF)c1. The van der Waals surface area contributed by atoms with Crippen LogP contribution in [0.5, 0.6) is 0 Å². The van der Waals surface area contributed by atoms with Gasteiger partial charge in [0.2, 0.25) is 0 Å². The third-order valence-corrected chi connectivity index (χ3v) is 2.58. The lowest BCUT2D eigenvalue weighted by Crippen LogP contribution is -2.26. The molecule has 86 valence electrons. The molecule has 1 aromatic rings. The van der Waals surface area contributed by atoms with Crippen LogP contribution in [0.1, 0.15) is 32.3 Å². The Morgan fingerprint density at radius 2 is 2.20 bits per heavy atom. The van der Waals surface area contributed by atoms with Gasteiger partial charge in [0.1, 0.15) is 6.67 Å². The molecular formula is C11H20FN3. The number of aryl methyl sites for hydroxylation is 1. The molecule has 0 fully saturated rings. The van der Waals surface area contributed by atoms with E-state index in [1.165, 1.54) is 0 Å². The molecule has 1 rings (SSSR count). The fraction of sp³-hybridized carbons (Fsp3) is 0.727. The van der Waals surface area contributed by atoms with Crippen molar-refractivity contribution in [2.45, 2.75) is 45.8 Å². The summed E-state index contributed by atoms with van der Waals surface area (Å²) in [6.45, 7) is 5.16. The topological polar surface area (TPSA) is 29.9 Å². The molecule has 1 N–H and O–H groups in total. The summed E-state index contributed by atoms with van der Waals surface area (Å²) in [6.07, 6.45) is 5.96. The standard InChI is InChI=1S/C11H20FN3/c1-3-11(4-2)13-7-10-8-14-15(9-10)6-5-12/h8-9,11,13H,3-7H2,1-2H3. The summed E-state index contributed by atoms with van der Waals surface area (Å²) in [5, 5.41) is 7.52. The zero-order valence-electron chi connectivity index (χ0n) is 9.54.